The summed E-state index contributed by atoms with van der Waals surface area (Å²) in [6.45, 7) is 0. The number of Topliss-reactive ketones (excluding diaryl/α,β-unsaturated/α-hetero) is 1. The molecule has 2 aromatic rings. The zero-order valence-electron chi connectivity index (χ0n) is 11.1. The maximum absolute atomic E-state index is 12.2. The quantitative estimate of drug-likeness (QED) is 0.501. The Morgan fingerprint density at radius 2 is 1.64 bits per heavy atom. The Kier molecular flexibility index (Phi) is 3.07. The summed E-state index contributed by atoms with van der Waals surface area (Å²) in [6.07, 6.45) is -2.75. The molecular formula is C15H12O7. The van der Waals surface area contributed by atoms with Gasteiger partial charge in [-0.25, -0.2) is 0 Å². The summed E-state index contributed by atoms with van der Waals surface area (Å²) in [5.41, 5.74) is 0.0363. The fraction of sp³-hybridized carbons (Fsp3) is 0.133. The van der Waals surface area contributed by atoms with Crippen molar-refractivity contribution in [3.63, 3.8) is 0 Å². The number of hydrogen-bond acceptors (Lipinski definition) is 7. The Morgan fingerprint density at radius 1 is 0.909 bits per heavy atom. The number of carbonyl (C=O) groups is 1. The fourth-order valence-electron chi connectivity index (χ4n) is 2.38. The first-order valence-electron chi connectivity index (χ1n) is 6.35. The van der Waals surface area contributed by atoms with Crippen LogP contribution in [-0.2, 0) is 0 Å². The van der Waals surface area contributed by atoms with Crippen LogP contribution < -0.4 is 4.74 Å². The van der Waals surface area contributed by atoms with Crippen molar-refractivity contribution in [2.45, 2.75) is 12.2 Å². The van der Waals surface area contributed by atoms with Crippen molar-refractivity contribution in [3.8, 4) is 28.7 Å². The molecule has 2 aromatic carbocycles. The molecule has 22 heavy (non-hydrogen) atoms. The van der Waals surface area contributed by atoms with Gasteiger partial charge in [0.2, 0.25) is 5.78 Å². The van der Waals surface area contributed by atoms with Gasteiger partial charge < -0.3 is 30.3 Å². The van der Waals surface area contributed by atoms with E-state index in [1.54, 1.807) is 0 Å². The lowest BCUT2D eigenvalue weighted by Crippen LogP contribution is -2.36. The molecule has 0 bridgehead atoms. The minimum Gasteiger partial charge on any atom is -0.508 e. The normalized spacial score (nSPS) is 20.3. The van der Waals surface area contributed by atoms with Crippen molar-refractivity contribution in [2.24, 2.45) is 0 Å². The van der Waals surface area contributed by atoms with E-state index >= 15 is 0 Å². The molecule has 5 N–H and O–H groups in total. The van der Waals surface area contributed by atoms with E-state index in [0.29, 0.717) is 0 Å². The number of phenols is 4. The number of hydrogen-bond donors (Lipinski definition) is 5. The zero-order valence-corrected chi connectivity index (χ0v) is 11.1. The Labute approximate surface area is 124 Å². The molecule has 1 aliphatic rings. The number of aliphatic hydroxyl groups is 1. The van der Waals surface area contributed by atoms with E-state index in [4.69, 9.17) is 4.74 Å². The third-order valence-electron chi connectivity index (χ3n) is 3.45. The number of aliphatic hydroxyl groups excluding tert-OH is 1. The van der Waals surface area contributed by atoms with Gasteiger partial charge in [0, 0.05) is 12.1 Å². The molecule has 1 unspecified atom stereocenters. The van der Waals surface area contributed by atoms with Gasteiger partial charge in [-0.2, -0.15) is 0 Å². The Hall–Kier alpha value is -2.93. The molecule has 0 aromatic heterocycles. The maximum Gasteiger partial charge on any atom is 0.202 e. The van der Waals surface area contributed by atoms with E-state index in [2.05, 4.69) is 0 Å². The van der Waals surface area contributed by atoms with Crippen molar-refractivity contribution in [1.29, 1.82) is 0 Å². The van der Waals surface area contributed by atoms with Gasteiger partial charge in [-0.05, 0) is 17.7 Å². The number of rotatable bonds is 1. The zero-order chi connectivity index (χ0) is 16.0. The van der Waals surface area contributed by atoms with Crippen LogP contribution in [0, 0.1) is 0 Å². The van der Waals surface area contributed by atoms with Crippen LogP contribution in [0.1, 0.15) is 22.0 Å². The molecule has 1 aliphatic heterocycles. The van der Waals surface area contributed by atoms with E-state index in [0.717, 1.165) is 18.2 Å². The molecule has 0 radical (unpaired) electrons. The largest absolute Gasteiger partial charge is 0.508 e. The second kappa shape index (κ2) is 4.81. The van der Waals surface area contributed by atoms with Crippen LogP contribution in [0.4, 0.5) is 0 Å². The molecule has 7 heteroatoms. The van der Waals surface area contributed by atoms with Crippen molar-refractivity contribution < 1.29 is 35.1 Å². The first-order chi connectivity index (χ1) is 10.4. The van der Waals surface area contributed by atoms with Crippen LogP contribution in [0.25, 0.3) is 0 Å². The molecule has 0 spiro atoms. The van der Waals surface area contributed by atoms with Crippen molar-refractivity contribution >= 4 is 5.78 Å². The highest BCUT2D eigenvalue weighted by Gasteiger charge is 2.39. The molecule has 0 saturated carbocycles. The average molecular weight is 304 g/mol. The summed E-state index contributed by atoms with van der Waals surface area (Å²) in [7, 11) is 0. The third-order valence-corrected chi connectivity index (χ3v) is 3.45. The summed E-state index contributed by atoms with van der Waals surface area (Å²) in [5, 5.41) is 48.1. The SMILES string of the molecule is O=C1c2c(O)cc(O)cc2O[C@H](c2ccc(O)c(O)c2)C1O. The van der Waals surface area contributed by atoms with E-state index in [-0.39, 0.29) is 28.4 Å². The lowest BCUT2D eigenvalue weighted by molar-refractivity contribution is 0.0210. The van der Waals surface area contributed by atoms with E-state index in [9.17, 15) is 30.3 Å². The van der Waals surface area contributed by atoms with Gasteiger partial charge in [-0.15, -0.1) is 0 Å². The van der Waals surface area contributed by atoms with E-state index < -0.39 is 29.5 Å². The summed E-state index contributed by atoms with van der Waals surface area (Å²) >= 11 is 0. The molecule has 2 atom stereocenters. The molecule has 114 valence electrons. The van der Waals surface area contributed by atoms with Crippen LogP contribution in [0.5, 0.6) is 28.7 Å². The van der Waals surface area contributed by atoms with Crippen molar-refractivity contribution in [1.82, 2.24) is 0 Å². The monoisotopic (exact) mass is 304 g/mol. The van der Waals surface area contributed by atoms with E-state index in [1.165, 1.54) is 12.1 Å². The minimum atomic E-state index is -1.60. The number of fused-ring (bicyclic) bond motifs is 1. The molecule has 7 nitrogen and oxygen atoms in total. The van der Waals surface area contributed by atoms with Gasteiger partial charge in [0.1, 0.15) is 22.8 Å². The predicted octanol–water partition coefficient (Wildman–Crippen LogP) is 1.19. The van der Waals surface area contributed by atoms with Gasteiger partial charge in [-0.1, -0.05) is 6.07 Å². The average Bonchev–Trinajstić information content (AvgIpc) is 2.45. The minimum absolute atomic E-state index is 0.0784. The highest BCUT2D eigenvalue weighted by Crippen LogP contribution is 2.42. The highest BCUT2D eigenvalue weighted by molar-refractivity contribution is 6.05. The molecule has 0 amide bonds. The van der Waals surface area contributed by atoms with Crippen LogP contribution in [-0.4, -0.2) is 37.4 Å². The lowest BCUT2D eigenvalue weighted by Gasteiger charge is -2.30. The van der Waals surface area contributed by atoms with Gasteiger partial charge in [0.15, 0.2) is 23.7 Å². The Morgan fingerprint density at radius 3 is 2.32 bits per heavy atom. The smallest absolute Gasteiger partial charge is 0.202 e. The molecule has 0 saturated heterocycles. The van der Waals surface area contributed by atoms with Gasteiger partial charge in [-0.3, -0.25) is 4.79 Å². The second-order valence-corrected chi connectivity index (χ2v) is 4.93. The number of phenolic OH excluding ortho intramolecular Hbond substituents is 4. The first kappa shape index (κ1) is 14.0. The lowest BCUT2D eigenvalue weighted by atomic mass is 9.92. The summed E-state index contributed by atoms with van der Waals surface area (Å²) < 4.78 is 5.47. The van der Waals surface area contributed by atoms with Crippen LogP contribution in [0.3, 0.4) is 0 Å². The Balaban J connectivity index is 2.08. The number of carbonyl (C=O) groups excluding carboxylic acids is 1. The predicted molar refractivity (Wildman–Crippen MR) is 73.2 cm³/mol. The van der Waals surface area contributed by atoms with Gasteiger partial charge in [0.05, 0.1) is 0 Å². The van der Waals surface area contributed by atoms with Gasteiger partial charge >= 0.3 is 0 Å². The number of aromatic hydroxyl groups is 4. The summed E-state index contributed by atoms with van der Waals surface area (Å²) in [4.78, 5) is 12.2. The Bertz CT molecular complexity index is 769. The van der Waals surface area contributed by atoms with E-state index in [1.807, 2.05) is 0 Å². The third kappa shape index (κ3) is 2.08. The molecule has 1 heterocycles. The molecule has 0 fully saturated rings. The summed E-state index contributed by atoms with van der Waals surface area (Å²) in [6, 6.07) is 5.85. The number of ketones is 1. The first-order valence-corrected chi connectivity index (χ1v) is 6.35. The second-order valence-electron chi connectivity index (χ2n) is 4.93. The van der Waals surface area contributed by atoms with Gasteiger partial charge in [0.25, 0.3) is 0 Å². The maximum atomic E-state index is 12.2. The topological polar surface area (TPSA) is 127 Å². The summed E-state index contributed by atoms with van der Waals surface area (Å²) in [5.74, 6) is -2.41. The highest BCUT2D eigenvalue weighted by atomic mass is 16.5. The van der Waals surface area contributed by atoms with Crippen LogP contribution in [0.2, 0.25) is 0 Å². The molecule has 0 aliphatic carbocycles. The standard InChI is InChI=1S/C15H12O7/c16-7-4-10(19)12-11(5-7)22-15(14(21)13(12)20)6-1-2-8(17)9(18)3-6/h1-5,14-19,21H/t14?,15-/m1/s1. The molecule has 3 rings (SSSR count). The van der Waals surface area contributed by atoms with Crippen molar-refractivity contribution in [3.05, 3.63) is 41.5 Å². The molecular weight excluding hydrogens is 292 g/mol. The van der Waals surface area contributed by atoms with Crippen LogP contribution in [0.15, 0.2) is 30.3 Å². The fourth-order valence-corrected chi connectivity index (χ4v) is 2.38. The van der Waals surface area contributed by atoms with Crippen LogP contribution >= 0.6 is 0 Å². The number of ether oxygens (including phenoxy) is 1. The number of benzene rings is 2. The van der Waals surface area contributed by atoms with Crippen molar-refractivity contribution in [2.75, 3.05) is 0 Å².